The Balaban J connectivity index is 2.56. The summed E-state index contributed by atoms with van der Waals surface area (Å²) in [6, 6.07) is -1.60. The van der Waals surface area contributed by atoms with Gasteiger partial charge in [0.2, 0.25) is 0 Å². The van der Waals surface area contributed by atoms with Gasteiger partial charge < -0.3 is 40.5 Å². The van der Waals surface area contributed by atoms with Crippen molar-refractivity contribution in [3.05, 3.63) is 72.9 Å². The molecule has 0 radical (unpaired) electrons. The van der Waals surface area contributed by atoms with Crippen LogP contribution < -0.4 is 5.73 Å². The zero-order valence-corrected chi connectivity index (χ0v) is 39.1. The molecule has 1 aliphatic rings. The number of aliphatic hydroxyl groups is 3. The average Bonchev–Trinajstić information content (AvgIpc) is 3.52. The molecule has 0 aromatic heterocycles. The molecule has 1 rings (SSSR count). The van der Waals surface area contributed by atoms with E-state index >= 15 is 0 Å². The number of aliphatic hydroxyl groups excluding tert-OH is 3. The number of ketones is 1. The average molecular weight is 924 g/mol. The molecule has 0 spiro atoms. The van der Waals surface area contributed by atoms with Crippen molar-refractivity contribution < 1.29 is 67.6 Å². The highest BCUT2D eigenvalue weighted by Gasteiger charge is 2.41. The Morgan fingerprint density at radius 1 is 0.703 bits per heavy atom. The van der Waals surface area contributed by atoms with Crippen LogP contribution in [0.15, 0.2) is 72.9 Å². The van der Waals surface area contributed by atoms with Crippen LogP contribution in [0.25, 0.3) is 0 Å². The molecule has 8 atom stereocenters. The van der Waals surface area contributed by atoms with Crippen LogP contribution in [0.3, 0.4) is 0 Å². The van der Waals surface area contributed by atoms with Gasteiger partial charge in [0.05, 0.1) is 31.5 Å². The Kier molecular flexibility index (Phi) is 33.5. The van der Waals surface area contributed by atoms with Crippen LogP contribution in [0.4, 0.5) is 0 Å². The summed E-state index contributed by atoms with van der Waals surface area (Å²) in [5, 5.41) is 40.2. The molecule has 0 heterocycles. The molecule has 0 aromatic rings. The molecular formula is C48H78NO14P. The summed E-state index contributed by atoms with van der Waals surface area (Å²) in [4.78, 5) is 59.1. The fourth-order valence-electron chi connectivity index (χ4n) is 6.69. The number of nitrogens with two attached hydrogens (primary N) is 1. The standard InChI is InChI=1S/C48H78NO14P/c1-3-5-7-8-9-10-11-12-13-14-15-16-17-18-19-20-21-22-24-29-46(54)60-35-40(36-61-64(58,59)62-37-43(49)48(56)57)63-47(55)30-26-25-28-39(51)33-42-41(44(52)34-45(42)53)32-31-38(50)27-23-6-4-2/h9-10,12-13,15-16,18-19,21-22,31-32,38,40-45,50,52-53H,3-8,11,14,17,20,23-30,33-37,49H2,1-2H3,(H,56,57)(H,58,59)/b10-9-,13-12-,16-15-,19-18-,22-21-,32-31+/t38-,40+,41+,42+,43-,44+,45-/m0/s1. The summed E-state index contributed by atoms with van der Waals surface area (Å²) in [5.74, 6) is -3.97. The number of rotatable bonds is 38. The van der Waals surface area contributed by atoms with Crippen LogP contribution >= 0.6 is 7.82 Å². The highest BCUT2D eigenvalue weighted by molar-refractivity contribution is 7.47. The lowest BCUT2D eigenvalue weighted by Crippen LogP contribution is -2.34. The van der Waals surface area contributed by atoms with E-state index in [2.05, 4.69) is 60.9 Å². The van der Waals surface area contributed by atoms with Crippen molar-refractivity contribution in [2.45, 2.75) is 173 Å². The molecule has 0 bridgehead atoms. The highest BCUT2D eigenvalue weighted by Crippen LogP contribution is 2.43. The molecule has 1 saturated carbocycles. The van der Waals surface area contributed by atoms with Crippen molar-refractivity contribution in [3.8, 4) is 0 Å². The lowest BCUT2D eigenvalue weighted by atomic mass is 9.87. The van der Waals surface area contributed by atoms with E-state index in [1.165, 1.54) is 19.3 Å². The van der Waals surface area contributed by atoms with Gasteiger partial charge in [0.25, 0.3) is 0 Å². The molecule has 7 N–H and O–H groups in total. The summed E-state index contributed by atoms with van der Waals surface area (Å²) in [6.07, 6.45) is 33.3. The predicted octanol–water partition coefficient (Wildman–Crippen LogP) is 8.06. The van der Waals surface area contributed by atoms with Gasteiger partial charge in [-0.3, -0.25) is 28.2 Å². The smallest absolute Gasteiger partial charge is 0.472 e. The number of aliphatic carboxylic acids is 1. The van der Waals surface area contributed by atoms with Crippen LogP contribution in [-0.4, -0.2) is 99.3 Å². The van der Waals surface area contributed by atoms with Crippen LogP contribution in [-0.2, 0) is 42.3 Å². The molecular weight excluding hydrogens is 845 g/mol. The van der Waals surface area contributed by atoms with Crippen molar-refractivity contribution in [2.75, 3.05) is 19.8 Å². The van der Waals surface area contributed by atoms with Crippen LogP contribution in [0.2, 0.25) is 0 Å². The number of phosphoric ester groups is 1. The number of Topliss-reactive ketones (excluding diaryl/α,β-unsaturated/α-hetero) is 1. The maximum Gasteiger partial charge on any atom is 0.472 e. The second-order valence-corrected chi connectivity index (χ2v) is 17.6. The number of carbonyl (C=O) groups is 4. The molecule has 15 nitrogen and oxygen atoms in total. The van der Waals surface area contributed by atoms with E-state index in [4.69, 9.17) is 24.8 Å². The first-order valence-corrected chi connectivity index (χ1v) is 24.6. The number of phosphoric acid groups is 1. The largest absolute Gasteiger partial charge is 0.480 e. The minimum atomic E-state index is -4.85. The Morgan fingerprint density at radius 3 is 1.88 bits per heavy atom. The molecule has 0 aliphatic heterocycles. The van der Waals surface area contributed by atoms with E-state index in [0.717, 1.165) is 44.9 Å². The topological polar surface area (TPSA) is 249 Å². The van der Waals surface area contributed by atoms with Gasteiger partial charge >= 0.3 is 25.7 Å². The predicted molar refractivity (Wildman–Crippen MR) is 247 cm³/mol. The summed E-state index contributed by atoms with van der Waals surface area (Å²) in [6.45, 7) is 2.20. The van der Waals surface area contributed by atoms with Gasteiger partial charge in [-0.05, 0) is 64.2 Å². The normalized spacial score (nSPS) is 20.5. The van der Waals surface area contributed by atoms with Crippen LogP contribution in [0, 0.1) is 11.8 Å². The second-order valence-electron chi connectivity index (χ2n) is 16.1. The molecule has 1 aliphatic carbocycles. The van der Waals surface area contributed by atoms with E-state index in [1.807, 2.05) is 18.2 Å². The first-order chi connectivity index (χ1) is 30.7. The quantitative estimate of drug-likeness (QED) is 0.0148. The van der Waals surface area contributed by atoms with Gasteiger partial charge in [0.15, 0.2) is 6.10 Å². The SMILES string of the molecule is CCCCC/C=C\C/C=C\C/C=C\C/C=C\C/C=C\CCC(=O)OC[C@H](COP(=O)(O)OC[C@H](N)C(=O)O)OC(=O)CCCCC(=O)C[C@@H]1[C@@H](/C=C/[C@@H](O)CCCCC)[C@H](O)C[C@@H]1O. The number of carboxylic acid groups (broad SMARTS) is 1. The Hall–Kier alpha value is -3.53. The molecule has 0 amide bonds. The number of esters is 2. The number of allylic oxidation sites excluding steroid dienone is 10. The van der Waals surface area contributed by atoms with E-state index in [-0.39, 0.29) is 44.3 Å². The van der Waals surface area contributed by atoms with Crippen molar-refractivity contribution >= 4 is 31.5 Å². The molecule has 364 valence electrons. The first kappa shape index (κ1) is 58.5. The van der Waals surface area contributed by atoms with Gasteiger partial charge in [-0.1, -0.05) is 119 Å². The maximum absolute atomic E-state index is 12.9. The number of carboxylic acids is 1. The molecule has 1 unspecified atom stereocenters. The number of hydrogen-bond donors (Lipinski definition) is 6. The van der Waals surface area contributed by atoms with Crippen molar-refractivity contribution in [2.24, 2.45) is 17.6 Å². The summed E-state index contributed by atoms with van der Waals surface area (Å²) in [7, 11) is -4.85. The van der Waals surface area contributed by atoms with Crippen LogP contribution in [0.5, 0.6) is 0 Å². The van der Waals surface area contributed by atoms with Gasteiger partial charge in [-0.25, -0.2) is 4.57 Å². The molecule has 0 saturated heterocycles. The third-order valence-electron chi connectivity index (χ3n) is 10.4. The third-order valence-corrected chi connectivity index (χ3v) is 11.4. The molecule has 0 aromatic carbocycles. The van der Waals surface area contributed by atoms with Gasteiger partial charge in [-0.2, -0.15) is 0 Å². The lowest BCUT2D eigenvalue weighted by Gasteiger charge is -2.21. The second kappa shape index (κ2) is 36.7. The number of hydrogen-bond acceptors (Lipinski definition) is 13. The van der Waals surface area contributed by atoms with Crippen molar-refractivity contribution in [3.63, 3.8) is 0 Å². The summed E-state index contributed by atoms with van der Waals surface area (Å²) < 4.78 is 32.5. The lowest BCUT2D eigenvalue weighted by molar-refractivity contribution is -0.161. The highest BCUT2D eigenvalue weighted by atomic mass is 31.2. The van der Waals surface area contributed by atoms with E-state index in [9.17, 15) is 44.0 Å². The third kappa shape index (κ3) is 30.6. The Labute approximate surface area is 381 Å². The Bertz CT molecular complexity index is 1540. The Morgan fingerprint density at radius 2 is 1.27 bits per heavy atom. The minimum Gasteiger partial charge on any atom is -0.480 e. The van der Waals surface area contributed by atoms with Crippen molar-refractivity contribution in [1.82, 2.24) is 0 Å². The van der Waals surface area contributed by atoms with Crippen molar-refractivity contribution in [1.29, 1.82) is 0 Å². The van der Waals surface area contributed by atoms with E-state index in [0.29, 0.717) is 25.7 Å². The minimum absolute atomic E-state index is 0.0181. The summed E-state index contributed by atoms with van der Waals surface area (Å²) in [5.41, 5.74) is 5.32. The first-order valence-electron chi connectivity index (χ1n) is 23.1. The van der Waals surface area contributed by atoms with Gasteiger partial charge in [0.1, 0.15) is 18.4 Å². The zero-order chi connectivity index (χ0) is 47.4. The monoisotopic (exact) mass is 924 g/mol. The molecule has 1 fully saturated rings. The summed E-state index contributed by atoms with van der Waals surface area (Å²) >= 11 is 0. The van der Waals surface area contributed by atoms with Crippen LogP contribution in [0.1, 0.15) is 142 Å². The fraction of sp³-hybridized carbons (Fsp3) is 0.667. The number of unbranched alkanes of at least 4 members (excludes halogenated alkanes) is 6. The van der Waals surface area contributed by atoms with Gasteiger partial charge in [-0.15, -0.1) is 0 Å². The molecule has 16 heteroatoms. The maximum atomic E-state index is 12.9. The zero-order valence-electron chi connectivity index (χ0n) is 38.2. The fourth-order valence-corrected chi connectivity index (χ4v) is 7.47. The van der Waals surface area contributed by atoms with E-state index < -0.39 is 87.8 Å². The number of carbonyl (C=O) groups excluding carboxylic acids is 3. The number of ether oxygens (including phenoxy) is 2. The molecule has 64 heavy (non-hydrogen) atoms. The van der Waals surface area contributed by atoms with E-state index in [1.54, 1.807) is 12.2 Å². The van der Waals surface area contributed by atoms with Gasteiger partial charge in [0, 0.05) is 43.9 Å².